The molecule has 0 radical (unpaired) electrons. The Morgan fingerprint density at radius 3 is 2.65 bits per heavy atom. The quantitative estimate of drug-likeness (QED) is 0.855. The first-order valence-corrected chi connectivity index (χ1v) is 8.77. The summed E-state index contributed by atoms with van der Waals surface area (Å²) < 4.78 is 5.89. The van der Waals surface area contributed by atoms with E-state index in [2.05, 4.69) is 37.6 Å². The van der Waals surface area contributed by atoms with Crippen LogP contribution in [0.25, 0.3) is 0 Å². The van der Waals surface area contributed by atoms with Crippen molar-refractivity contribution < 1.29 is 9.21 Å². The van der Waals surface area contributed by atoms with Crippen molar-refractivity contribution in [2.75, 3.05) is 26.2 Å². The summed E-state index contributed by atoms with van der Waals surface area (Å²) in [6.45, 7) is 14.7. The monoisotopic (exact) mass is 321 g/mol. The zero-order chi connectivity index (χ0) is 17.0. The molecule has 1 aromatic heterocycles. The summed E-state index contributed by atoms with van der Waals surface area (Å²) >= 11 is 0. The van der Waals surface area contributed by atoms with E-state index in [1.807, 2.05) is 18.0 Å². The third-order valence-corrected chi connectivity index (χ3v) is 4.59. The third kappa shape index (κ3) is 4.80. The van der Waals surface area contributed by atoms with Crippen molar-refractivity contribution in [3.63, 3.8) is 0 Å². The highest BCUT2D eigenvalue weighted by Crippen LogP contribution is 2.23. The maximum Gasteiger partial charge on any atom is 0.225 e. The van der Waals surface area contributed by atoms with Crippen LogP contribution in [0.5, 0.6) is 0 Å². The Hall–Kier alpha value is -1.36. The van der Waals surface area contributed by atoms with Crippen LogP contribution in [0.1, 0.15) is 59.1 Å². The molecule has 0 N–H and O–H groups in total. The van der Waals surface area contributed by atoms with Crippen LogP contribution in [0.4, 0.5) is 0 Å². The normalized spacial score (nSPS) is 18.7. The van der Waals surface area contributed by atoms with Crippen molar-refractivity contribution in [2.45, 2.75) is 59.4 Å². The van der Waals surface area contributed by atoms with Gasteiger partial charge in [-0.3, -0.25) is 9.69 Å². The molecule has 0 aromatic carbocycles. The lowest BCUT2D eigenvalue weighted by atomic mass is 9.94. The highest BCUT2D eigenvalue weighted by molar-refractivity contribution is 5.78. The Labute approximate surface area is 140 Å². The molecule has 1 aliphatic rings. The van der Waals surface area contributed by atoms with Gasteiger partial charge in [0, 0.05) is 37.5 Å². The molecule has 1 unspecified atom stereocenters. The molecule has 1 aliphatic heterocycles. The van der Waals surface area contributed by atoms with Gasteiger partial charge in [-0.05, 0) is 12.8 Å². The zero-order valence-corrected chi connectivity index (χ0v) is 15.3. The smallest absolute Gasteiger partial charge is 0.225 e. The highest BCUT2D eigenvalue weighted by atomic mass is 16.4. The molecule has 23 heavy (non-hydrogen) atoms. The second-order valence-electron chi connectivity index (χ2n) is 7.63. The molecule has 0 aliphatic carbocycles. The molecular formula is C18H31N3O2. The minimum absolute atomic E-state index is 0.0104. The minimum atomic E-state index is -0.0104. The summed E-state index contributed by atoms with van der Waals surface area (Å²) in [5.41, 5.74) is -0.0104. The van der Waals surface area contributed by atoms with Crippen molar-refractivity contribution in [1.29, 1.82) is 0 Å². The first kappa shape index (κ1) is 18.0. The molecule has 1 fully saturated rings. The predicted octanol–water partition coefficient (Wildman–Crippen LogP) is 3.05. The summed E-state index contributed by atoms with van der Waals surface area (Å²) in [5.74, 6) is 2.12. The Morgan fingerprint density at radius 2 is 2.04 bits per heavy atom. The third-order valence-electron chi connectivity index (χ3n) is 4.59. The molecule has 1 saturated heterocycles. The fraction of sp³-hybridized carbons (Fsp3) is 0.778. The number of aromatic nitrogens is 1. The number of carbonyl (C=O) groups is 1. The molecule has 0 saturated carbocycles. The minimum Gasteiger partial charge on any atom is -0.444 e. The van der Waals surface area contributed by atoms with Gasteiger partial charge >= 0.3 is 0 Å². The van der Waals surface area contributed by atoms with Gasteiger partial charge in [-0.25, -0.2) is 4.98 Å². The van der Waals surface area contributed by atoms with Crippen molar-refractivity contribution in [2.24, 2.45) is 5.92 Å². The predicted molar refractivity (Wildman–Crippen MR) is 91.1 cm³/mol. The number of rotatable bonds is 4. The average molecular weight is 321 g/mol. The molecule has 130 valence electrons. The van der Waals surface area contributed by atoms with Gasteiger partial charge in [0.1, 0.15) is 5.76 Å². The summed E-state index contributed by atoms with van der Waals surface area (Å²) in [6, 6.07) is 0. The molecule has 5 heteroatoms. The van der Waals surface area contributed by atoms with Crippen molar-refractivity contribution >= 4 is 5.91 Å². The zero-order valence-electron chi connectivity index (χ0n) is 15.3. The molecule has 2 heterocycles. The van der Waals surface area contributed by atoms with Crippen LogP contribution >= 0.6 is 0 Å². The Morgan fingerprint density at radius 1 is 1.30 bits per heavy atom. The first-order chi connectivity index (χ1) is 10.8. The lowest BCUT2D eigenvalue weighted by molar-refractivity contribution is -0.134. The number of hydrogen-bond donors (Lipinski definition) is 0. The van der Waals surface area contributed by atoms with E-state index in [0.717, 1.165) is 57.2 Å². The number of oxazole rings is 1. The van der Waals surface area contributed by atoms with E-state index in [4.69, 9.17) is 4.42 Å². The molecule has 2 rings (SSSR count). The summed E-state index contributed by atoms with van der Waals surface area (Å²) in [4.78, 5) is 21.1. The maximum absolute atomic E-state index is 12.3. The number of nitrogens with zero attached hydrogens (tertiary/aromatic N) is 3. The standard InChI is InChI=1S/C18H31N3O2/c1-6-14(2)17(22)21-9-7-8-20(10-11-21)13-16-19-12-15(23-16)18(3,4)5/h12,14H,6-11,13H2,1-5H3. The molecule has 5 nitrogen and oxygen atoms in total. The van der Waals surface area contributed by atoms with Crippen molar-refractivity contribution in [1.82, 2.24) is 14.8 Å². The molecule has 0 bridgehead atoms. The van der Waals surface area contributed by atoms with Gasteiger partial charge in [0.2, 0.25) is 11.8 Å². The number of hydrogen-bond acceptors (Lipinski definition) is 4. The molecule has 0 spiro atoms. The SMILES string of the molecule is CCC(C)C(=O)N1CCCN(Cc2ncc(C(C)(C)C)o2)CC1. The molecule has 1 amide bonds. The summed E-state index contributed by atoms with van der Waals surface area (Å²) in [5, 5.41) is 0. The average Bonchev–Trinajstić information content (AvgIpc) is 2.85. The van der Waals surface area contributed by atoms with Crippen molar-refractivity contribution in [3.05, 3.63) is 17.8 Å². The van der Waals surface area contributed by atoms with Crippen LogP contribution in [0, 0.1) is 5.92 Å². The van der Waals surface area contributed by atoms with Gasteiger partial charge in [0.25, 0.3) is 0 Å². The van der Waals surface area contributed by atoms with E-state index >= 15 is 0 Å². The Bertz CT molecular complexity index is 519. The largest absolute Gasteiger partial charge is 0.444 e. The number of amides is 1. The molecular weight excluding hydrogens is 290 g/mol. The van der Waals surface area contributed by atoms with Crippen LogP contribution in [-0.4, -0.2) is 46.9 Å². The van der Waals surface area contributed by atoms with Gasteiger partial charge in [-0.1, -0.05) is 34.6 Å². The van der Waals surface area contributed by atoms with Crippen LogP contribution < -0.4 is 0 Å². The second-order valence-corrected chi connectivity index (χ2v) is 7.63. The van der Waals surface area contributed by atoms with Gasteiger partial charge < -0.3 is 9.32 Å². The lowest BCUT2D eigenvalue weighted by Crippen LogP contribution is -2.38. The van der Waals surface area contributed by atoms with Gasteiger partial charge in [0.15, 0.2) is 0 Å². The second kappa shape index (κ2) is 7.47. The summed E-state index contributed by atoms with van der Waals surface area (Å²) in [7, 11) is 0. The van der Waals surface area contributed by atoms with Crippen LogP contribution in [0.15, 0.2) is 10.6 Å². The van der Waals surface area contributed by atoms with Gasteiger partial charge in [0.05, 0.1) is 12.7 Å². The first-order valence-electron chi connectivity index (χ1n) is 8.77. The fourth-order valence-electron chi connectivity index (χ4n) is 2.76. The van der Waals surface area contributed by atoms with E-state index in [0.29, 0.717) is 5.91 Å². The Kier molecular flexibility index (Phi) is 5.84. The van der Waals surface area contributed by atoms with Gasteiger partial charge in [-0.15, -0.1) is 0 Å². The topological polar surface area (TPSA) is 49.6 Å². The maximum atomic E-state index is 12.3. The van der Waals surface area contributed by atoms with Crippen molar-refractivity contribution in [3.8, 4) is 0 Å². The van der Waals surface area contributed by atoms with E-state index in [-0.39, 0.29) is 11.3 Å². The van der Waals surface area contributed by atoms with E-state index < -0.39 is 0 Å². The molecule has 1 aromatic rings. The summed E-state index contributed by atoms with van der Waals surface area (Å²) in [6.07, 6.45) is 3.76. The van der Waals surface area contributed by atoms with E-state index in [1.165, 1.54) is 0 Å². The van der Waals surface area contributed by atoms with E-state index in [9.17, 15) is 4.79 Å². The van der Waals surface area contributed by atoms with Crippen LogP contribution in [0.2, 0.25) is 0 Å². The Balaban J connectivity index is 1.91. The number of carbonyl (C=O) groups excluding carboxylic acids is 1. The molecule has 1 atom stereocenters. The highest BCUT2D eigenvalue weighted by Gasteiger charge is 2.24. The van der Waals surface area contributed by atoms with Crippen LogP contribution in [-0.2, 0) is 16.8 Å². The lowest BCUT2D eigenvalue weighted by Gasteiger charge is -2.24. The van der Waals surface area contributed by atoms with Gasteiger partial charge in [-0.2, -0.15) is 0 Å². The van der Waals surface area contributed by atoms with Crippen LogP contribution in [0.3, 0.4) is 0 Å². The van der Waals surface area contributed by atoms with E-state index in [1.54, 1.807) is 0 Å². The fourth-order valence-corrected chi connectivity index (χ4v) is 2.76.